The van der Waals surface area contributed by atoms with Crippen LogP contribution in [-0.2, 0) is 6.54 Å². The number of aromatic nitrogens is 1. The fraction of sp³-hybridized carbons (Fsp3) is 0.286. The van der Waals surface area contributed by atoms with Gasteiger partial charge in [0.15, 0.2) is 0 Å². The molecule has 0 saturated heterocycles. The Bertz CT molecular complexity index is 274. The molecule has 0 bridgehead atoms. The van der Waals surface area contributed by atoms with Crippen molar-refractivity contribution in [1.82, 2.24) is 10.3 Å². The minimum Gasteiger partial charge on any atom is -0.306 e. The maximum absolute atomic E-state index is 5.70. The lowest BCUT2D eigenvalue weighted by Crippen LogP contribution is -2.13. The van der Waals surface area contributed by atoms with E-state index in [0.29, 0.717) is 0 Å². The average molecular weight is 268 g/mol. The molecule has 0 aliphatic carbocycles. The maximum atomic E-state index is 5.70. The third-order valence-electron chi connectivity index (χ3n) is 1.12. The summed E-state index contributed by atoms with van der Waals surface area (Å²) in [6, 6.07) is 0. The number of nitrogens with zero attached hydrogens (tertiary/aromatic N) is 1. The smallest absolute Gasteiger partial charge is 0.113 e. The number of thiazole rings is 1. The van der Waals surface area contributed by atoms with Crippen LogP contribution in [0.25, 0.3) is 0 Å². The highest BCUT2D eigenvalue weighted by Crippen LogP contribution is 2.17. The van der Waals surface area contributed by atoms with E-state index in [1.165, 1.54) is 11.3 Å². The third-order valence-corrected chi connectivity index (χ3v) is 2.51. The molecule has 0 atom stereocenters. The van der Waals surface area contributed by atoms with E-state index >= 15 is 0 Å². The first kappa shape index (κ1) is 10.2. The topological polar surface area (TPSA) is 24.9 Å². The van der Waals surface area contributed by atoms with Gasteiger partial charge in [-0.15, -0.1) is 11.3 Å². The molecule has 1 N–H and O–H groups in total. The van der Waals surface area contributed by atoms with Gasteiger partial charge in [0.1, 0.15) is 9.34 Å². The van der Waals surface area contributed by atoms with Gasteiger partial charge in [0.2, 0.25) is 0 Å². The second kappa shape index (κ2) is 4.97. The number of hydrogen-bond donors (Lipinski definition) is 1. The van der Waals surface area contributed by atoms with Gasteiger partial charge >= 0.3 is 0 Å². The molecule has 0 aliphatic heterocycles. The molecular weight excluding hydrogens is 260 g/mol. The minimum atomic E-state index is 0.726. The molecule has 0 fully saturated rings. The van der Waals surface area contributed by atoms with Gasteiger partial charge in [-0.3, -0.25) is 0 Å². The Morgan fingerprint density at radius 3 is 3.08 bits per heavy atom. The van der Waals surface area contributed by atoms with Crippen molar-refractivity contribution in [3.8, 4) is 0 Å². The number of nitrogens with one attached hydrogen (secondary N) is 1. The Morgan fingerprint density at radius 2 is 2.58 bits per heavy atom. The molecular formula is C7H8BrClN2S. The van der Waals surface area contributed by atoms with E-state index in [-0.39, 0.29) is 0 Å². The zero-order chi connectivity index (χ0) is 8.97. The van der Waals surface area contributed by atoms with E-state index in [9.17, 15) is 0 Å². The molecule has 1 aromatic heterocycles. The van der Waals surface area contributed by atoms with Gasteiger partial charge in [-0.1, -0.05) is 34.1 Å². The summed E-state index contributed by atoms with van der Waals surface area (Å²) in [6.07, 6.45) is 1.66. The molecule has 0 spiro atoms. The molecule has 66 valence electrons. The van der Waals surface area contributed by atoms with Crippen LogP contribution in [0.4, 0.5) is 0 Å². The SMILES string of the molecule is C=C(Br)CNCc1ncc(Cl)s1. The van der Waals surface area contributed by atoms with Crippen molar-refractivity contribution >= 4 is 38.9 Å². The fourth-order valence-electron chi connectivity index (χ4n) is 0.675. The molecule has 5 heteroatoms. The van der Waals surface area contributed by atoms with Crippen molar-refractivity contribution in [3.63, 3.8) is 0 Å². The quantitative estimate of drug-likeness (QED) is 0.907. The van der Waals surface area contributed by atoms with Gasteiger partial charge in [0.25, 0.3) is 0 Å². The van der Waals surface area contributed by atoms with Crippen molar-refractivity contribution in [3.05, 3.63) is 26.6 Å². The molecule has 0 radical (unpaired) electrons. The first-order valence-electron chi connectivity index (χ1n) is 3.32. The second-order valence-electron chi connectivity index (χ2n) is 2.18. The molecule has 0 saturated carbocycles. The summed E-state index contributed by atoms with van der Waals surface area (Å²) in [4.78, 5) is 4.09. The van der Waals surface area contributed by atoms with Gasteiger partial charge in [-0.25, -0.2) is 4.98 Å². The van der Waals surface area contributed by atoms with Crippen LogP contribution in [0.2, 0.25) is 4.34 Å². The Hall–Kier alpha value is 0.1000. The Labute approximate surface area is 88.8 Å². The summed E-state index contributed by atoms with van der Waals surface area (Å²) in [6.45, 7) is 5.19. The second-order valence-corrected chi connectivity index (χ2v) is 5.05. The largest absolute Gasteiger partial charge is 0.306 e. The van der Waals surface area contributed by atoms with Crippen LogP contribution < -0.4 is 5.32 Å². The minimum absolute atomic E-state index is 0.726. The zero-order valence-electron chi connectivity index (χ0n) is 6.31. The summed E-state index contributed by atoms with van der Waals surface area (Å²) in [5.74, 6) is 0. The molecule has 1 rings (SSSR count). The normalized spacial score (nSPS) is 10.2. The number of halogens is 2. The lowest BCUT2D eigenvalue weighted by Gasteiger charge is -1.98. The summed E-state index contributed by atoms with van der Waals surface area (Å²) in [7, 11) is 0. The van der Waals surface area contributed by atoms with Crippen molar-refractivity contribution in [2.45, 2.75) is 6.54 Å². The zero-order valence-corrected chi connectivity index (χ0v) is 9.47. The number of hydrogen-bond acceptors (Lipinski definition) is 3. The Balaban J connectivity index is 2.29. The van der Waals surface area contributed by atoms with Crippen LogP contribution in [-0.4, -0.2) is 11.5 Å². The van der Waals surface area contributed by atoms with E-state index < -0.39 is 0 Å². The molecule has 0 amide bonds. The van der Waals surface area contributed by atoms with Crippen LogP contribution >= 0.6 is 38.9 Å². The summed E-state index contributed by atoms with van der Waals surface area (Å²) < 4.78 is 1.66. The van der Waals surface area contributed by atoms with E-state index in [0.717, 1.165) is 26.9 Å². The predicted molar refractivity (Wildman–Crippen MR) is 56.9 cm³/mol. The van der Waals surface area contributed by atoms with Gasteiger partial charge in [0.05, 0.1) is 6.20 Å². The third kappa shape index (κ3) is 3.67. The van der Waals surface area contributed by atoms with Crippen molar-refractivity contribution in [1.29, 1.82) is 0 Å². The summed E-state index contributed by atoms with van der Waals surface area (Å²) in [5.41, 5.74) is 0. The van der Waals surface area contributed by atoms with Crippen LogP contribution in [0.15, 0.2) is 17.3 Å². The lowest BCUT2D eigenvalue weighted by atomic mass is 10.6. The lowest BCUT2D eigenvalue weighted by molar-refractivity contribution is 0.752. The average Bonchev–Trinajstić information content (AvgIpc) is 2.35. The van der Waals surface area contributed by atoms with Crippen LogP contribution in [0, 0.1) is 0 Å². The van der Waals surface area contributed by atoms with Gasteiger partial charge in [0, 0.05) is 17.6 Å². The first-order chi connectivity index (χ1) is 5.68. The molecule has 12 heavy (non-hydrogen) atoms. The van der Waals surface area contributed by atoms with Crippen molar-refractivity contribution in [2.24, 2.45) is 0 Å². The van der Waals surface area contributed by atoms with Crippen molar-refractivity contribution < 1.29 is 0 Å². The van der Waals surface area contributed by atoms with E-state index in [2.05, 4.69) is 32.8 Å². The summed E-state index contributed by atoms with van der Waals surface area (Å²) in [5, 5.41) is 4.15. The van der Waals surface area contributed by atoms with Gasteiger partial charge < -0.3 is 5.32 Å². The van der Waals surface area contributed by atoms with E-state index in [1.807, 2.05) is 0 Å². The van der Waals surface area contributed by atoms with Crippen LogP contribution in [0.3, 0.4) is 0 Å². The molecule has 1 aromatic rings. The Morgan fingerprint density at radius 1 is 1.83 bits per heavy atom. The van der Waals surface area contributed by atoms with Crippen LogP contribution in [0.5, 0.6) is 0 Å². The first-order valence-corrected chi connectivity index (χ1v) is 5.31. The summed E-state index contributed by atoms with van der Waals surface area (Å²) >= 11 is 10.4. The van der Waals surface area contributed by atoms with E-state index in [4.69, 9.17) is 11.6 Å². The molecule has 2 nitrogen and oxygen atoms in total. The molecule has 0 aromatic carbocycles. The monoisotopic (exact) mass is 266 g/mol. The number of rotatable bonds is 4. The highest BCUT2D eigenvalue weighted by molar-refractivity contribution is 9.11. The van der Waals surface area contributed by atoms with E-state index in [1.54, 1.807) is 6.20 Å². The highest BCUT2D eigenvalue weighted by Gasteiger charge is 1.98. The fourth-order valence-corrected chi connectivity index (χ4v) is 1.80. The Kier molecular flexibility index (Phi) is 4.21. The highest BCUT2D eigenvalue weighted by atomic mass is 79.9. The molecule has 1 heterocycles. The molecule has 0 aliphatic rings. The van der Waals surface area contributed by atoms with Crippen LogP contribution in [0.1, 0.15) is 5.01 Å². The van der Waals surface area contributed by atoms with Crippen molar-refractivity contribution in [2.75, 3.05) is 6.54 Å². The standard InChI is InChI=1S/C7H8BrClN2S/c1-5(8)2-10-4-7-11-3-6(9)12-7/h3,10H,1-2,4H2. The van der Waals surface area contributed by atoms with Gasteiger partial charge in [-0.2, -0.15) is 0 Å². The molecule has 0 unspecified atom stereocenters. The van der Waals surface area contributed by atoms with Gasteiger partial charge in [-0.05, 0) is 0 Å². The maximum Gasteiger partial charge on any atom is 0.113 e. The predicted octanol–water partition coefficient (Wildman–Crippen LogP) is 2.79.